The number of anilines is 2. The molecule has 3 aromatic heterocycles. The summed E-state index contributed by atoms with van der Waals surface area (Å²) in [6.07, 6.45) is 1.69. The molecule has 178 valence electrons. The maximum atomic E-state index is 13.4. The Morgan fingerprint density at radius 3 is 2.54 bits per heavy atom. The SMILES string of the molecule is C[C@H](N)C(=O)Nc1ccc([C@H](C)Nc2ncc(C#N)c(-c3cnc4c(C(F)F)cccn34)n2)cc1. The van der Waals surface area contributed by atoms with E-state index in [9.17, 15) is 18.8 Å². The highest BCUT2D eigenvalue weighted by Crippen LogP contribution is 2.29. The van der Waals surface area contributed by atoms with E-state index >= 15 is 0 Å². The van der Waals surface area contributed by atoms with Gasteiger partial charge in [-0.1, -0.05) is 12.1 Å². The standard InChI is InChI=1S/C24H22F2N8O/c1-13(28)23(35)32-17-7-5-15(6-8-17)14(2)31-24-30-11-16(10-27)20(33-24)19-12-29-22-18(21(25)26)4-3-9-34(19)22/h3-9,11-14,21H,28H2,1-2H3,(H,32,35)(H,30,31,33)/t13-,14-/m0/s1. The minimum Gasteiger partial charge on any atom is -0.348 e. The first kappa shape index (κ1) is 23.7. The number of imidazole rings is 1. The van der Waals surface area contributed by atoms with Gasteiger partial charge in [0.1, 0.15) is 17.4 Å². The van der Waals surface area contributed by atoms with Gasteiger partial charge in [-0.05, 0) is 43.7 Å². The zero-order chi connectivity index (χ0) is 25.1. The van der Waals surface area contributed by atoms with E-state index in [2.05, 4.69) is 25.6 Å². The zero-order valence-electron chi connectivity index (χ0n) is 18.9. The molecule has 0 saturated carbocycles. The maximum Gasteiger partial charge on any atom is 0.267 e. The molecule has 0 aliphatic heterocycles. The Morgan fingerprint density at radius 2 is 1.89 bits per heavy atom. The Hall–Kier alpha value is -4.43. The van der Waals surface area contributed by atoms with Crippen LogP contribution in [0.15, 0.2) is 55.0 Å². The lowest BCUT2D eigenvalue weighted by Crippen LogP contribution is -2.32. The fourth-order valence-corrected chi connectivity index (χ4v) is 3.49. The monoisotopic (exact) mass is 476 g/mol. The summed E-state index contributed by atoms with van der Waals surface area (Å²) in [7, 11) is 0. The number of pyridine rings is 1. The second kappa shape index (κ2) is 9.82. The third-order valence-corrected chi connectivity index (χ3v) is 5.39. The van der Waals surface area contributed by atoms with Crippen molar-refractivity contribution in [2.75, 3.05) is 10.6 Å². The van der Waals surface area contributed by atoms with Gasteiger partial charge in [0.15, 0.2) is 0 Å². The van der Waals surface area contributed by atoms with Crippen LogP contribution in [0.1, 0.15) is 43.0 Å². The average molecular weight is 476 g/mol. The third kappa shape index (κ3) is 4.92. The number of carbonyl (C=O) groups is 1. The van der Waals surface area contributed by atoms with Gasteiger partial charge >= 0.3 is 0 Å². The quantitative estimate of drug-likeness (QED) is 0.366. The van der Waals surface area contributed by atoms with Crippen molar-refractivity contribution in [2.24, 2.45) is 5.73 Å². The molecule has 4 rings (SSSR count). The van der Waals surface area contributed by atoms with Crippen molar-refractivity contribution in [3.63, 3.8) is 0 Å². The normalized spacial score (nSPS) is 12.8. The number of fused-ring (bicyclic) bond motifs is 1. The van der Waals surface area contributed by atoms with Crippen LogP contribution in [-0.2, 0) is 4.79 Å². The number of halogens is 2. The molecule has 1 aromatic carbocycles. The van der Waals surface area contributed by atoms with E-state index in [-0.39, 0.29) is 40.4 Å². The minimum atomic E-state index is -2.69. The number of nitriles is 1. The van der Waals surface area contributed by atoms with Crippen molar-refractivity contribution in [3.8, 4) is 17.5 Å². The van der Waals surface area contributed by atoms with Crippen LogP contribution in [0.3, 0.4) is 0 Å². The lowest BCUT2D eigenvalue weighted by atomic mass is 10.1. The Kier molecular flexibility index (Phi) is 6.66. The predicted molar refractivity (Wildman–Crippen MR) is 127 cm³/mol. The molecular formula is C24H22F2N8O. The van der Waals surface area contributed by atoms with Crippen molar-refractivity contribution in [1.82, 2.24) is 19.4 Å². The Bertz CT molecular complexity index is 1410. The number of nitrogens with one attached hydrogen (secondary N) is 2. The van der Waals surface area contributed by atoms with Crippen molar-refractivity contribution in [1.29, 1.82) is 5.26 Å². The molecular weight excluding hydrogens is 454 g/mol. The minimum absolute atomic E-state index is 0.0964. The summed E-state index contributed by atoms with van der Waals surface area (Å²) in [4.78, 5) is 24.6. The fraction of sp³-hybridized carbons (Fsp3) is 0.208. The number of aromatic nitrogens is 4. The van der Waals surface area contributed by atoms with Crippen LogP contribution in [0.2, 0.25) is 0 Å². The molecule has 0 saturated heterocycles. The highest BCUT2D eigenvalue weighted by Gasteiger charge is 2.19. The number of amides is 1. The van der Waals surface area contributed by atoms with Crippen LogP contribution in [-0.4, -0.2) is 31.3 Å². The van der Waals surface area contributed by atoms with Gasteiger partial charge in [0.25, 0.3) is 6.43 Å². The highest BCUT2D eigenvalue weighted by molar-refractivity contribution is 5.94. The molecule has 0 aliphatic carbocycles. The van der Waals surface area contributed by atoms with Gasteiger partial charge in [-0.25, -0.2) is 23.7 Å². The van der Waals surface area contributed by atoms with E-state index in [0.29, 0.717) is 11.4 Å². The number of nitrogens with two attached hydrogens (primary N) is 1. The number of benzene rings is 1. The molecule has 0 aliphatic rings. The van der Waals surface area contributed by atoms with E-state index in [0.717, 1.165) is 5.56 Å². The van der Waals surface area contributed by atoms with E-state index in [1.165, 1.54) is 28.9 Å². The molecule has 0 spiro atoms. The van der Waals surface area contributed by atoms with Crippen LogP contribution in [0, 0.1) is 11.3 Å². The van der Waals surface area contributed by atoms with E-state index in [4.69, 9.17) is 5.73 Å². The van der Waals surface area contributed by atoms with Gasteiger partial charge in [0.2, 0.25) is 11.9 Å². The predicted octanol–water partition coefficient (Wildman–Crippen LogP) is 4.06. The molecule has 11 heteroatoms. The summed E-state index contributed by atoms with van der Waals surface area (Å²) in [5.74, 6) is -0.0312. The summed E-state index contributed by atoms with van der Waals surface area (Å²) >= 11 is 0. The molecule has 2 atom stereocenters. The molecule has 0 radical (unpaired) electrons. The first-order valence-corrected chi connectivity index (χ1v) is 10.7. The molecule has 4 N–H and O–H groups in total. The van der Waals surface area contributed by atoms with E-state index < -0.39 is 12.5 Å². The number of hydrogen-bond donors (Lipinski definition) is 3. The number of rotatable bonds is 7. The molecule has 0 fully saturated rings. The van der Waals surface area contributed by atoms with Crippen molar-refractivity contribution in [3.05, 3.63) is 71.7 Å². The van der Waals surface area contributed by atoms with Gasteiger partial charge in [-0.3, -0.25) is 9.20 Å². The molecule has 4 aromatic rings. The second-order valence-corrected chi connectivity index (χ2v) is 7.93. The number of hydrogen-bond acceptors (Lipinski definition) is 7. The molecule has 35 heavy (non-hydrogen) atoms. The van der Waals surface area contributed by atoms with Crippen LogP contribution in [0.25, 0.3) is 17.0 Å². The van der Waals surface area contributed by atoms with Crippen LogP contribution in [0.5, 0.6) is 0 Å². The summed E-state index contributed by atoms with van der Waals surface area (Å²) in [5, 5.41) is 15.5. The van der Waals surface area contributed by atoms with Gasteiger partial charge in [-0.2, -0.15) is 5.26 Å². The second-order valence-electron chi connectivity index (χ2n) is 7.93. The molecule has 3 heterocycles. The van der Waals surface area contributed by atoms with Crippen LogP contribution >= 0.6 is 0 Å². The Labute approximate surface area is 199 Å². The largest absolute Gasteiger partial charge is 0.348 e. The Morgan fingerprint density at radius 1 is 1.14 bits per heavy atom. The number of carbonyl (C=O) groups excluding carboxylic acids is 1. The lowest BCUT2D eigenvalue weighted by Gasteiger charge is -2.16. The van der Waals surface area contributed by atoms with Crippen molar-refractivity contribution < 1.29 is 13.6 Å². The smallest absolute Gasteiger partial charge is 0.267 e. The summed E-state index contributed by atoms with van der Waals surface area (Å²) in [6.45, 7) is 3.51. The van der Waals surface area contributed by atoms with Gasteiger partial charge in [0.05, 0.1) is 41.3 Å². The fourth-order valence-electron chi connectivity index (χ4n) is 3.49. The average Bonchev–Trinajstić information content (AvgIpc) is 3.28. The first-order valence-electron chi connectivity index (χ1n) is 10.7. The number of alkyl halides is 2. The van der Waals surface area contributed by atoms with Crippen molar-refractivity contribution in [2.45, 2.75) is 32.4 Å². The maximum absolute atomic E-state index is 13.4. The molecule has 9 nitrogen and oxygen atoms in total. The highest BCUT2D eigenvalue weighted by atomic mass is 19.3. The summed E-state index contributed by atoms with van der Waals surface area (Å²) < 4.78 is 28.2. The van der Waals surface area contributed by atoms with Crippen LogP contribution in [0.4, 0.5) is 20.4 Å². The molecule has 0 bridgehead atoms. The number of nitrogens with zero attached hydrogens (tertiary/aromatic N) is 5. The third-order valence-electron chi connectivity index (χ3n) is 5.39. The molecule has 1 amide bonds. The topological polar surface area (TPSA) is 134 Å². The van der Waals surface area contributed by atoms with E-state index in [1.54, 1.807) is 25.3 Å². The zero-order valence-corrected chi connectivity index (χ0v) is 18.9. The van der Waals surface area contributed by atoms with Crippen molar-refractivity contribution >= 4 is 23.2 Å². The summed E-state index contributed by atoms with van der Waals surface area (Å²) in [5.41, 5.74) is 7.82. The van der Waals surface area contributed by atoms with Gasteiger partial charge < -0.3 is 16.4 Å². The lowest BCUT2D eigenvalue weighted by molar-refractivity contribution is -0.117. The van der Waals surface area contributed by atoms with Gasteiger partial charge in [-0.15, -0.1) is 0 Å². The summed E-state index contributed by atoms with van der Waals surface area (Å²) in [6, 6.07) is 11.2. The first-order chi connectivity index (χ1) is 16.8. The molecule has 0 unspecified atom stereocenters. The van der Waals surface area contributed by atoms with E-state index in [1.807, 2.05) is 25.1 Å². The van der Waals surface area contributed by atoms with Crippen LogP contribution < -0.4 is 16.4 Å². The van der Waals surface area contributed by atoms with Gasteiger partial charge in [0, 0.05) is 11.9 Å². The Balaban J connectivity index is 1.60.